The molecule has 0 atom stereocenters. The van der Waals surface area contributed by atoms with Gasteiger partial charge in [0.05, 0.1) is 6.33 Å². The third-order valence-corrected chi connectivity index (χ3v) is 5.26. The van der Waals surface area contributed by atoms with Crippen molar-refractivity contribution in [2.45, 2.75) is 6.54 Å². The summed E-state index contributed by atoms with van der Waals surface area (Å²) in [5, 5.41) is 0. The van der Waals surface area contributed by atoms with Gasteiger partial charge in [0.1, 0.15) is 17.5 Å². The van der Waals surface area contributed by atoms with Gasteiger partial charge in [0.15, 0.2) is 5.65 Å². The predicted octanol–water partition coefficient (Wildman–Crippen LogP) is 4.31. The van der Waals surface area contributed by atoms with Crippen LogP contribution in [0.25, 0.3) is 33.5 Å². The Morgan fingerprint density at radius 3 is 2.32 bits per heavy atom. The summed E-state index contributed by atoms with van der Waals surface area (Å²) in [4.78, 5) is 25.8. The van der Waals surface area contributed by atoms with E-state index in [1.54, 1.807) is 12.4 Å². The number of amides is 1. The molecule has 2 heterocycles. The van der Waals surface area contributed by atoms with E-state index in [9.17, 15) is 4.79 Å². The highest BCUT2D eigenvalue weighted by Crippen LogP contribution is 2.36. The fourth-order valence-corrected chi connectivity index (χ4v) is 3.86. The zero-order valence-corrected chi connectivity index (χ0v) is 16.6. The molecule has 6 nitrogen and oxygen atoms in total. The second kappa shape index (κ2) is 7.84. The molecule has 150 valence electrons. The first-order chi connectivity index (χ1) is 15.2. The van der Waals surface area contributed by atoms with Crippen LogP contribution in [0.3, 0.4) is 0 Å². The van der Waals surface area contributed by atoms with Crippen molar-refractivity contribution >= 4 is 17.1 Å². The van der Waals surface area contributed by atoms with Crippen LogP contribution in [0.15, 0.2) is 91.5 Å². The van der Waals surface area contributed by atoms with Gasteiger partial charge in [0, 0.05) is 17.7 Å². The summed E-state index contributed by atoms with van der Waals surface area (Å²) in [5.41, 5.74) is 11.8. The van der Waals surface area contributed by atoms with Gasteiger partial charge in [-0.2, -0.15) is 0 Å². The van der Waals surface area contributed by atoms with Gasteiger partial charge in [-0.1, -0.05) is 72.8 Å². The van der Waals surface area contributed by atoms with Gasteiger partial charge >= 0.3 is 0 Å². The molecule has 0 spiro atoms. The van der Waals surface area contributed by atoms with E-state index in [0.29, 0.717) is 29.0 Å². The molecule has 5 aromatic rings. The van der Waals surface area contributed by atoms with Crippen LogP contribution in [0, 0.1) is 0 Å². The number of nitrogens with two attached hydrogens (primary N) is 1. The zero-order chi connectivity index (χ0) is 21.2. The Labute approximate surface area is 179 Å². The number of fused-ring (bicyclic) bond motifs is 1. The number of rotatable bonds is 5. The fraction of sp³-hybridized carbons (Fsp3) is 0.0400. The van der Waals surface area contributed by atoms with E-state index in [-0.39, 0.29) is 0 Å². The van der Waals surface area contributed by atoms with Crippen LogP contribution in [0.2, 0.25) is 0 Å². The molecule has 5 rings (SSSR count). The quantitative estimate of drug-likeness (QED) is 0.472. The summed E-state index contributed by atoms with van der Waals surface area (Å²) in [6, 6.07) is 25.5. The third-order valence-electron chi connectivity index (χ3n) is 5.26. The van der Waals surface area contributed by atoms with Crippen LogP contribution < -0.4 is 5.73 Å². The van der Waals surface area contributed by atoms with Gasteiger partial charge in [-0.15, -0.1) is 0 Å². The standard InChI is InChI=1S/C25H19N5O/c26-24(31)20-13-7-12-19(18-10-5-2-6-11-18)21(20)22-23-25(28-15-27-22)29-16-30(23)14-17-8-3-1-4-9-17/h1-13,15-16H,14H2,(H2,26,31). The Hall–Kier alpha value is -4.32. The number of nitrogens with zero attached hydrogens (tertiary/aromatic N) is 4. The number of carbonyl (C=O) groups excluding carboxylic acids is 1. The molecule has 3 aromatic carbocycles. The Morgan fingerprint density at radius 1 is 0.839 bits per heavy atom. The molecular formula is C25H19N5O. The Morgan fingerprint density at radius 2 is 1.58 bits per heavy atom. The first kappa shape index (κ1) is 18.7. The van der Waals surface area contributed by atoms with Gasteiger partial charge < -0.3 is 10.3 Å². The highest BCUT2D eigenvalue weighted by molar-refractivity contribution is 6.06. The van der Waals surface area contributed by atoms with Crippen LogP contribution >= 0.6 is 0 Å². The largest absolute Gasteiger partial charge is 0.366 e. The summed E-state index contributed by atoms with van der Waals surface area (Å²) in [5.74, 6) is -0.506. The van der Waals surface area contributed by atoms with Gasteiger partial charge in [-0.05, 0) is 22.8 Å². The molecule has 0 radical (unpaired) electrons. The number of benzene rings is 3. The van der Waals surface area contributed by atoms with Gasteiger partial charge in [-0.25, -0.2) is 15.0 Å². The van der Waals surface area contributed by atoms with Crippen LogP contribution in [0.4, 0.5) is 0 Å². The van der Waals surface area contributed by atoms with Crippen molar-refractivity contribution in [2.75, 3.05) is 0 Å². The van der Waals surface area contributed by atoms with Crippen molar-refractivity contribution in [3.8, 4) is 22.4 Å². The van der Waals surface area contributed by atoms with E-state index in [2.05, 4.69) is 27.1 Å². The molecule has 0 aliphatic rings. The Bertz CT molecular complexity index is 1380. The van der Waals surface area contributed by atoms with Gasteiger partial charge in [-0.3, -0.25) is 4.79 Å². The van der Waals surface area contributed by atoms with E-state index in [1.807, 2.05) is 65.2 Å². The van der Waals surface area contributed by atoms with E-state index >= 15 is 0 Å². The molecule has 0 aliphatic heterocycles. The number of hydrogen-bond acceptors (Lipinski definition) is 4. The lowest BCUT2D eigenvalue weighted by Crippen LogP contribution is -2.13. The van der Waals surface area contributed by atoms with E-state index < -0.39 is 5.91 Å². The molecule has 31 heavy (non-hydrogen) atoms. The summed E-state index contributed by atoms with van der Waals surface area (Å²) in [6.07, 6.45) is 3.23. The fourth-order valence-electron chi connectivity index (χ4n) is 3.86. The maximum Gasteiger partial charge on any atom is 0.249 e. The van der Waals surface area contributed by atoms with Crippen molar-refractivity contribution in [1.82, 2.24) is 19.5 Å². The second-order valence-electron chi connectivity index (χ2n) is 7.21. The zero-order valence-electron chi connectivity index (χ0n) is 16.6. The molecular weight excluding hydrogens is 386 g/mol. The minimum Gasteiger partial charge on any atom is -0.366 e. The minimum absolute atomic E-state index is 0.411. The number of aromatic nitrogens is 4. The van der Waals surface area contributed by atoms with Crippen LogP contribution in [-0.2, 0) is 6.54 Å². The number of imidazole rings is 1. The first-order valence-corrected chi connectivity index (χ1v) is 9.91. The topological polar surface area (TPSA) is 86.7 Å². The molecule has 0 bridgehead atoms. The lowest BCUT2D eigenvalue weighted by Gasteiger charge is -2.15. The Balaban J connectivity index is 1.79. The molecule has 0 unspecified atom stereocenters. The van der Waals surface area contributed by atoms with E-state index in [4.69, 9.17) is 5.73 Å². The third kappa shape index (κ3) is 3.44. The molecule has 2 N–H and O–H groups in total. The second-order valence-corrected chi connectivity index (χ2v) is 7.21. The summed E-state index contributed by atoms with van der Waals surface area (Å²) < 4.78 is 2.01. The van der Waals surface area contributed by atoms with Crippen molar-refractivity contribution in [2.24, 2.45) is 5.73 Å². The first-order valence-electron chi connectivity index (χ1n) is 9.91. The van der Waals surface area contributed by atoms with Crippen LogP contribution in [0.5, 0.6) is 0 Å². The average molecular weight is 405 g/mol. The summed E-state index contributed by atoms with van der Waals surface area (Å²) >= 11 is 0. The predicted molar refractivity (Wildman–Crippen MR) is 120 cm³/mol. The summed E-state index contributed by atoms with van der Waals surface area (Å²) in [6.45, 7) is 0.608. The Kier molecular flexibility index (Phi) is 4.72. The monoisotopic (exact) mass is 405 g/mol. The maximum absolute atomic E-state index is 12.4. The van der Waals surface area contributed by atoms with E-state index in [1.165, 1.54) is 6.33 Å². The van der Waals surface area contributed by atoms with E-state index in [0.717, 1.165) is 22.2 Å². The average Bonchev–Trinajstić information content (AvgIpc) is 3.23. The normalized spacial score (nSPS) is 11.0. The summed E-state index contributed by atoms with van der Waals surface area (Å²) in [7, 11) is 0. The number of hydrogen-bond donors (Lipinski definition) is 1. The molecule has 0 saturated carbocycles. The van der Waals surface area contributed by atoms with Crippen molar-refractivity contribution in [1.29, 1.82) is 0 Å². The smallest absolute Gasteiger partial charge is 0.249 e. The maximum atomic E-state index is 12.4. The molecule has 6 heteroatoms. The van der Waals surface area contributed by atoms with Gasteiger partial charge in [0.25, 0.3) is 0 Å². The van der Waals surface area contributed by atoms with Crippen LogP contribution in [0.1, 0.15) is 15.9 Å². The number of carbonyl (C=O) groups is 1. The molecule has 0 saturated heterocycles. The number of primary amides is 1. The molecule has 0 fully saturated rings. The SMILES string of the molecule is NC(=O)c1cccc(-c2ccccc2)c1-c1ncnc2ncn(Cc3ccccc3)c12. The van der Waals surface area contributed by atoms with Crippen molar-refractivity contribution in [3.63, 3.8) is 0 Å². The lowest BCUT2D eigenvalue weighted by molar-refractivity contribution is 0.100. The van der Waals surface area contributed by atoms with Gasteiger partial charge in [0.2, 0.25) is 5.91 Å². The molecule has 1 amide bonds. The highest BCUT2D eigenvalue weighted by Gasteiger charge is 2.21. The lowest BCUT2D eigenvalue weighted by atomic mass is 9.92. The van der Waals surface area contributed by atoms with Crippen molar-refractivity contribution in [3.05, 3.63) is 103 Å². The molecule has 2 aromatic heterocycles. The minimum atomic E-state index is -0.506. The molecule has 0 aliphatic carbocycles. The highest BCUT2D eigenvalue weighted by atomic mass is 16.1. The van der Waals surface area contributed by atoms with Crippen LogP contribution in [-0.4, -0.2) is 25.4 Å². The van der Waals surface area contributed by atoms with Crippen molar-refractivity contribution < 1.29 is 4.79 Å².